The van der Waals surface area contributed by atoms with E-state index in [1.807, 2.05) is 0 Å². The Balaban J connectivity index is -0.0000000286. The van der Waals surface area contributed by atoms with Crippen LogP contribution in [0.4, 0.5) is 0 Å². The van der Waals surface area contributed by atoms with Crippen LogP contribution in [0.15, 0.2) is 0 Å². The molecule has 0 bridgehead atoms. The fourth-order valence-corrected chi connectivity index (χ4v) is 1.15. The quantitative estimate of drug-likeness (QED) is 0.262. The summed E-state index contributed by atoms with van der Waals surface area (Å²) >= 11 is 7.36. The molecule has 0 aromatic carbocycles. The normalized spacial score (nSPS) is 8.29. The Morgan fingerprint density at radius 3 is 0.548 bits per heavy atom. The maximum absolute atomic E-state index is 5.75. The summed E-state index contributed by atoms with van der Waals surface area (Å²) in [7, 11) is 1.25. The van der Waals surface area contributed by atoms with Crippen LogP contribution in [0.25, 0.3) is 0 Å². The molecule has 0 nitrogen and oxygen atoms in total. The third-order valence-electron chi connectivity index (χ3n) is 5.58. The summed E-state index contributed by atoms with van der Waals surface area (Å²) in [5.41, 5.74) is 0. The molecule has 0 fully saturated rings. The van der Waals surface area contributed by atoms with E-state index in [1.54, 1.807) is 6.26 Å². The molecule has 0 aromatic rings. The van der Waals surface area contributed by atoms with Crippen molar-refractivity contribution in [3.05, 3.63) is 0 Å². The fraction of sp³-hybridized carbons (Fsp3) is 0.966. The Labute approximate surface area is 218 Å². The van der Waals surface area contributed by atoms with Crippen LogP contribution in [-0.2, 0) is 0 Å². The van der Waals surface area contributed by atoms with E-state index < -0.39 is 0 Å². The Kier molecular flexibility index (Phi) is 108. The van der Waals surface area contributed by atoms with Crippen LogP contribution in [0.1, 0.15) is 158 Å². The van der Waals surface area contributed by atoms with E-state index in [2.05, 4.69) is 114 Å². The Bertz CT molecular complexity index is 146. The third kappa shape index (κ3) is 91.1. The van der Waals surface area contributed by atoms with Crippen LogP contribution in [0.2, 0.25) is 0 Å². The summed E-state index contributed by atoms with van der Waals surface area (Å²) in [5.74, 6) is 6.57. The monoisotopic (exact) mass is 488 g/mol. The molecule has 0 rings (SSSR count). The number of hydrogen-bond acceptors (Lipinski definition) is 2. The first kappa shape index (κ1) is 53.0. The smallest absolute Gasteiger partial charge is 0.0194 e. The summed E-state index contributed by atoms with van der Waals surface area (Å²) in [6, 6.07) is 0. The van der Waals surface area contributed by atoms with Gasteiger partial charge in [-0.2, -0.15) is 12.6 Å². The molecule has 0 aliphatic carbocycles. The first-order valence-corrected chi connectivity index (χ1v) is 13.4. The predicted molar refractivity (Wildman–Crippen MR) is 169 cm³/mol. The standard InChI is InChI=1S/4C6H14.CH4S.CH2S.3CH4/c4*1-4-6(3)5-2;2*1-2;;;/h4*6H,4-5H2,1-3H3;2H,1H3;1H2;3*1H4/i;;;;;;1D;;. The average molecular weight is 488 g/mol. The highest BCUT2D eigenvalue weighted by atomic mass is 32.1. The zero-order valence-electron chi connectivity index (χ0n) is 24.5. The molecule has 202 valence electrons. The second-order valence-corrected chi connectivity index (χ2v) is 7.69. The molecule has 0 radical (unpaired) electrons. The van der Waals surface area contributed by atoms with Crippen LogP contribution >= 0.6 is 24.8 Å². The average Bonchev–Trinajstić information content (AvgIpc) is 2.86. The Morgan fingerprint density at radius 2 is 0.548 bits per heavy atom. The van der Waals surface area contributed by atoms with E-state index >= 15 is 0 Å². The molecule has 0 aromatic heterocycles. The highest BCUT2D eigenvalue weighted by molar-refractivity contribution is 7.79. The van der Waals surface area contributed by atoms with Gasteiger partial charge >= 0.3 is 0 Å². The molecule has 0 saturated carbocycles. The van der Waals surface area contributed by atoms with Gasteiger partial charge in [0.2, 0.25) is 0 Å². The molecule has 0 spiro atoms. The van der Waals surface area contributed by atoms with Crippen LogP contribution < -0.4 is 0 Å². The third-order valence-corrected chi connectivity index (χ3v) is 5.58. The van der Waals surface area contributed by atoms with Gasteiger partial charge in [-0.3, -0.25) is 0 Å². The second-order valence-electron chi connectivity index (χ2n) is 7.69. The number of rotatable bonds is 8. The first-order chi connectivity index (χ1) is 14.2. The molecule has 0 unspecified atom stereocenters. The lowest BCUT2D eigenvalue weighted by atomic mass is 10.1. The molecular formula is C29H74S2. The van der Waals surface area contributed by atoms with Crippen LogP contribution in [0.5, 0.6) is 0 Å². The van der Waals surface area contributed by atoms with Crippen molar-refractivity contribution in [2.24, 2.45) is 23.7 Å². The van der Waals surface area contributed by atoms with Crippen molar-refractivity contribution in [1.29, 1.82) is 0 Å². The summed E-state index contributed by atoms with van der Waals surface area (Å²) in [4.78, 5) is 0. The van der Waals surface area contributed by atoms with Crippen LogP contribution in [0, 0.1) is 23.7 Å². The topological polar surface area (TPSA) is 0 Å². The van der Waals surface area contributed by atoms with Gasteiger partial charge in [0.25, 0.3) is 0 Å². The lowest BCUT2D eigenvalue weighted by Gasteiger charge is -1.98. The van der Waals surface area contributed by atoms with Crippen molar-refractivity contribution in [2.45, 2.75) is 157 Å². The minimum absolute atomic E-state index is 0. The van der Waals surface area contributed by atoms with Gasteiger partial charge in [0.1, 0.15) is 0 Å². The van der Waals surface area contributed by atoms with Gasteiger partial charge < -0.3 is 0 Å². The van der Waals surface area contributed by atoms with Crippen molar-refractivity contribution < 1.29 is 1.37 Å². The van der Waals surface area contributed by atoms with E-state index in [0.29, 0.717) is 0 Å². The van der Waals surface area contributed by atoms with Crippen LogP contribution in [-0.4, -0.2) is 12.1 Å². The molecule has 31 heavy (non-hydrogen) atoms. The second kappa shape index (κ2) is 63.1. The summed E-state index contributed by atoms with van der Waals surface area (Å²) in [5, 5.41) is 0. The summed E-state index contributed by atoms with van der Waals surface area (Å²) < 4.78 is 5.75. The lowest BCUT2D eigenvalue weighted by Crippen LogP contribution is -1.85. The molecule has 0 aliphatic heterocycles. The first-order valence-electron chi connectivity index (χ1n) is 13.0. The molecule has 2 heteroatoms. The van der Waals surface area contributed by atoms with Gasteiger partial charge in [-0.25, -0.2) is 0 Å². The fourth-order valence-electron chi connectivity index (χ4n) is 1.15. The van der Waals surface area contributed by atoms with Gasteiger partial charge in [0, 0.05) is 1.37 Å². The SMILES string of the molecule is C.C.C=S.CCC(C)CC.CCC(C)CC.CCC(C)CC.CCC(C)CC.CS.[2H]C. The maximum Gasteiger partial charge on any atom is 0.0194 e. The van der Waals surface area contributed by atoms with E-state index in [9.17, 15) is 0 Å². The van der Waals surface area contributed by atoms with Crippen molar-refractivity contribution in [2.75, 3.05) is 6.26 Å². The van der Waals surface area contributed by atoms with Crippen molar-refractivity contribution in [3.8, 4) is 0 Å². The van der Waals surface area contributed by atoms with Crippen molar-refractivity contribution in [3.63, 3.8) is 0 Å². The van der Waals surface area contributed by atoms with E-state index in [1.165, 1.54) is 58.8 Å². The van der Waals surface area contributed by atoms with Gasteiger partial charge in [-0.15, -0.1) is 0 Å². The van der Waals surface area contributed by atoms with E-state index in [0.717, 1.165) is 23.7 Å². The zero-order valence-corrected chi connectivity index (χ0v) is 25.2. The molecule has 0 N–H and O–H groups in total. The number of thiol groups is 1. The molecule has 0 aliphatic rings. The summed E-state index contributed by atoms with van der Waals surface area (Å²) in [6.45, 7) is 27.0. The van der Waals surface area contributed by atoms with E-state index in [-0.39, 0.29) is 14.9 Å². The predicted octanol–water partition coefficient (Wildman–Crippen LogP) is 12.8. The molecule has 0 heterocycles. The largest absolute Gasteiger partial charge is 0.183 e. The summed E-state index contributed by atoms with van der Waals surface area (Å²) in [6.07, 6.45) is 12.3. The maximum atomic E-state index is 5.75. The zero-order chi connectivity index (χ0) is 26.0. The van der Waals surface area contributed by atoms with Crippen molar-refractivity contribution >= 4 is 30.7 Å². The van der Waals surface area contributed by atoms with Gasteiger partial charge in [-0.05, 0) is 35.8 Å². The van der Waals surface area contributed by atoms with Crippen LogP contribution in [0.3, 0.4) is 0 Å². The molecule has 0 saturated heterocycles. The lowest BCUT2D eigenvalue weighted by molar-refractivity contribution is 0.544. The molecular weight excluding hydrogens is 412 g/mol. The molecule has 0 atom stereocenters. The minimum atomic E-state index is 0. The van der Waals surface area contributed by atoms with E-state index in [4.69, 9.17) is 1.37 Å². The van der Waals surface area contributed by atoms with Gasteiger partial charge in [-0.1, -0.05) is 169 Å². The van der Waals surface area contributed by atoms with Gasteiger partial charge in [0.05, 0.1) is 0 Å². The Hall–Kier alpha value is 0.440. The van der Waals surface area contributed by atoms with Crippen molar-refractivity contribution in [1.82, 2.24) is 0 Å². The highest BCUT2D eigenvalue weighted by Crippen LogP contribution is 2.04. The highest BCUT2D eigenvalue weighted by Gasteiger charge is 1.90. The van der Waals surface area contributed by atoms with Gasteiger partial charge in [0.15, 0.2) is 0 Å². The number of hydrogen-bond donors (Lipinski definition) is 1. The Morgan fingerprint density at radius 1 is 0.484 bits per heavy atom. The molecule has 0 amide bonds. The minimum Gasteiger partial charge on any atom is -0.183 e. The number of thiocarbonyl (C=S) groups is 1.